The number of nitrogens with zero attached hydrogens (tertiary/aromatic N) is 6. The van der Waals surface area contributed by atoms with Gasteiger partial charge < -0.3 is 4.57 Å². The highest BCUT2D eigenvalue weighted by Gasteiger charge is 2.30. The molecule has 0 N–H and O–H groups in total. The number of hydrogen-bond donors (Lipinski definition) is 0. The fraction of sp³-hybridized carbons (Fsp3) is 0.647. The molecular formula is C17H26N6O2. The SMILES string of the molecule is CC(C)Cn1cnnc1[C@@H]1CCCN1Cc1cc(=O)n(C)c(=O)n1C. The zero-order chi connectivity index (χ0) is 18.1. The molecule has 0 spiro atoms. The molecule has 0 unspecified atom stereocenters. The third-order valence-electron chi connectivity index (χ3n) is 4.86. The van der Waals surface area contributed by atoms with E-state index in [9.17, 15) is 9.59 Å². The van der Waals surface area contributed by atoms with Crippen LogP contribution in [0.3, 0.4) is 0 Å². The second-order valence-electron chi connectivity index (χ2n) is 7.24. The van der Waals surface area contributed by atoms with Crippen LogP contribution in [0, 0.1) is 5.92 Å². The van der Waals surface area contributed by atoms with Gasteiger partial charge in [0.2, 0.25) is 0 Å². The van der Waals surface area contributed by atoms with E-state index in [1.807, 2.05) is 0 Å². The lowest BCUT2D eigenvalue weighted by atomic mass is 10.1. The molecule has 0 amide bonds. The molecule has 8 nitrogen and oxygen atoms in total. The van der Waals surface area contributed by atoms with Crippen LogP contribution in [0.5, 0.6) is 0 Å². The molecule has 25 heavy (non-hydrogen) atoms. The van der Waals surface area contributed by atoms with E-state index >= 15 is 0 Å². The van der Waals surface area contributed by atoms with Crippen molar-refractivity contribution in [3.8, 4) is 0 Å². The van der Waals surface area contributed by atoms with E-state index in [-0.39, 0.29) is 17.3 Å². The van der Waals surface area contributed by atoms with Gasteiger partial charge in [0.25, 0.3) is 5.56 Å². The van der Waals surface area contributed by atoms with Crippen LogP contribution in [0.4, 0.5) is 0 Å². The highest BCUT2D eigenvalue weighted by molar-refractivity contribution is 5.06. The second-order valence-corrected chi connectivity index (χ2v) is 7.24. The molecule has 1 saturated heterocycles. The Hall–Kier alpha value is -2.22. The Labute approximate surface area is 146 Å². The molecule has 3 heterocycles. The molecule has 0 radical (unpaired) electrons. The van der Waals surface area contributed by atoms with E-state index in [0.717, 1.165) is 42.0 Å². The maximum Gasteiger partial charge on any atom is 0.330 e. The summed E-state index contributed by atoms with van der Waals surface area (Å²) in [5, 5.41) is 8.45. The summed E-state index contributed by atoms with van der Waals surface area (Å²) >= 11 is 0. The molecule has 8 heteroatoms. The Morgan fingerprint density at radius 3 is 2.72 bits per heavy atom. The molecule has 1 atom stereocenters. The number of likely N-dealkylation sites (tertiary alicyclic amines) is 1. The standard InChI is InChI=1S/C17H26N6O2/c1-12(2)9-23-11-18-19-16(23)14-6-5-7-22(14)10-13-8-15(24)21(4)17(25)20(13)3/h8,11-12,14H,5-7,9-10H2,1-4H3/t14-/m0/s1. The molecule has 2 aromatic heterocycles. The van der Waals surface area contributed by atoms with Gasteiger partial charge in [0.05, 0.1) is 6.04 Å². The van der Waals surface area contributed by atoms with Gasteiger partial charge in [-0.05, 0) is 25.3 Å². The van der Waals surface area contributed by atoms with E-state index in [1.54, 1.807) is 24.0 Å². The van der Waals surface area contributed by atoms with Crippen LogP contribution in [0.1, 0.15) is 44.2 Å². The molecule has 1 fully saturated rings. The predicted molar refractivity (Wildman–Crippen MR) is 94.2 cm³/mol. The van der Waals surface area contributed by atoms with Crippen molar-refractivity contribution < 1.29 is 0 Å². The van der Waals surface area contributed by atoms with Crippen molar-refractivity contribution in [1.82, 2.24) is 28.8 Å². The van der Waals surface area contributed by atoms with Gasteiger partial charge in [0.1, 0.15) is 12.2 Å². The fourth-order valence-electron chi connectivity index (χ4n) is 3.50. The van der Waals surface area contributed by atoms with E-state index in [2.05, 4.69) is 33.5 Å². The molecule has 0 bridgehead atoms. The smallest absolute Gasteiger partial charge is 0.316 e. The van der Waals surface area contributed by atoms with Gasteiger partial charge in [-0.3, -0.25) is 18.8 Å². The van der Waals surface area contributed by atoms with Gasteiger partial charge >= 0.3 is 5.69 Å². The lowest BCUT2D eigenvalue weighted by Crippen LogP contribution is -2.39. The van der Waals surface area contributed by atoms with Gasteiger partial charge in [0.15, 0.2) is 0 Å². The van der Waals surface area contributed by atoms with Gasteiger partial charge in [-0.1, -0.05) is 13.8 Å². The summed E-state index contributed by atoms with van der Waals surface area (Å²) in [7, 11) is 3.21. The molecular weight excluding hydrogens is 320 g/mol. The summed E-state index contributed by atoms with van der Waals surface area (Å²) < 4.78 is 4.80. The van der Waals surface area contributed by atoms with E-state index in [0.29, 0.717) is 12.5 Å². The van der Waals surface area contributed by atoms with Gasteiger partial charge in [0, 0.05) is 38.9 Å². The van der Waals surface area contributed by atoms with Crippen molar-refractivity contribution in [2.45, 2.75) is 45.8 Å². The fourth-order valence-corrected chi connectivity index (χ4v) is 3.50. The molecule has 1 aliphatic rings. The topological polar surface area (TPSA) is 78.0 Å². The summed E-state index contributed by atoms with van der Waals surface area (Å²) in [6.45, 7) is 6.71. The number of hydrogen-bond acceptors (Lipinski definition) is 5. The molecule has 0 aliphatic carbocycles. The first kappa shape index (κ1) is 17.6. The minimum atomic E-state index is -0.291. The Morgan fingerprint density at radius 1 is 1.24 bits per heavy atom. The van der Waals surface area contributed by atoms with E-state index < -0.39 is 0 Å². The molecule has 3 rings (SSSR count). The number of rotatable bonds is 5. The van der Waals surface area contributed by atoms with Crippen molar-refractivity contribution in [1.29, 1.82) is 0 Å². The first-order valence-electron chi connectivity index (χ1n) is 8.76. The lowest BCUT2D eigenvalue weighted by molar-refractivity contribution is 0.226. The normalized spacial score (nSPS) is 18.4. The zero-order valence-electron chi connectivity index (χ0n) is 15.3. The van der Waals surface area contributed by atoms with Crippen molar-refractivity contribution >= 4 is 0 Å². The van der Waals surface area contributed by atoms with Gasteiger partial charge in [-0.15, -0.1) is 10.2 Å². The third-order valence-corrected chi connectivity index (χ3v) is 4.86. The summed E-state index contributed by atoms with van der Waals surface area (Å²) in [6.07, 6.45) is 3.87. The van der Waals surface area contributed by atoms with Crippen LogP contribution in [0.25, 0.3) is 0 Å². The van der Waals surface area contributed by atoms with E-state index in [4.69, 9.17) is 0 Å². The van der Waals surface area contributed by atoms with Crippen LogP contribution in [-0.4, -0.2) is 35.3 Å². The first-order chi connectivity index (χ1) is 11.9. The third kappa shape index (κ3) is 3.44. The van der Waals surface area contributed by atoms with Crippen molar-refractivity contribution in [2.24, 2.45) is 20.0 Å². The summed E-state index contributed by atoms with van der Waals surface area (Å²) in [6, 6.07) is 1.72. The minimum absolute atomic E-state index is 0.167. The van der Waals surface area contributed by atoms with Crippen molar-refractivity contribution in [2.75, 3.05) is 6.54 Å². The van der Waals surface area contributed by atoms with Crippen LogP contribution < -0.4 is 11.2 Å². The average molecular weight is 346 g/mol. The van der Waals surface area contributed by atoms with Crippen LogP contribution in [0.2, 0.25) is 0 Å². The molecule has 0 saturated carbocycles. The second kappa shape index (κ2) is 6.95. The molecule has 136 valence electrons. The molecule has 2 aromatic rings. The summed E-state index contributed by atoms with van der Waals surface area (Å²) in [5.74, 6) is 1.49. The lowest BCUT2D eigenvalue weighted by Gasteiger charge is -2.25. The van der Waals surface area contributed by atoms with Gasteiger partial charge in [-0.25, -0.2) is 4.79 Å². The van der Waals surface area contributed by atoms with Crippen molar-refractivity contribution in [3.05, 3.63) is 44.8 Å². The van der Waals surface area contributed by atoms with Crippen LogP contribution in [-0.2, 0) is 27.2 Å². The largest absolute Gasteiger partial charge is 0.330 e. The maximum absolute atomic E-state index is 12.2. The van der Waals surface area contributed by atoms with Gasteiger partial charge in [-0.2, -0.15) is 0 Å². The monoisotopic (exact) mass is 346 g/mol. The van der Waals surface area contributed by atoms with Crippen LogP contribution >= 0.6 is 0 Å². The highest BCUT2D eigenvalue weighted by Crippen LogP contribution is 2.31. The number of aromatic nitrogens is 5. The van der Waals surface area contributed by atoms with E-state index in [1.165, 1.54) is 7.05 Å². The Kier molecular flexibility index (Phi) is 4.89. The molecule has 0 aromatic carbocycles. The first-order valence-corrected chi connectivity index (χ1v) is 8.76. The average Bonchev–Trinajstić information content (AvgIpc) is 3.18. The molecule has 1 aliphatic heterocycles. The quantitative estimate of drug-likeness (QED) is 0.795. The Bertz CT molecular complexity index is 863. The maximum atomic E-state index is 12.2. The summed E-state index contributed by atoms with van der Waals surface area (Å²) in [4.78, 5) is 26.4. The minimum Gasteiger partial charge on any atom is -0.316 e. The Morgan fingerprint density at radius 2 is 2.00 bits per heavy atom. The van der Waals surface area contributed by atoms with Crippen molar-refractivity contribution in [3.63, 3.8) is 0 Å². The zero-order valence-corrected chi connectivity index (χ0v) is 15.3. The van der Waals surface area contributed by atoms with Crippen LogP contribution in [0.15, 0.2) is 22.0 Å². The summed E-state index contributed by atoms with van der Waals surface area (Å²) in [5.41, 5.74) is 0.174. The Balaban J connectivity index is 1.88. The predicted octanol–water partition coefficient (Wildman–Crippen LogP) is 0.669. The highest BCUT2D eigenvalue weighted by atomic mass is 16.2.